The minimum Gasteiger partial charge on any atom is -0.497 e. The minimum atomic E-state index is -0.220. The van der Waals surface area contributed by atoms with Crippen molar-refractivity contribution in [3.05, 3.63) is 23.8 Å². The molecule has 196 valence electrons. The number of hydrogen-bond acceptors (Lipinski definition) is 5. The van der Waals surface area contributed by atoms with Crippen LogP contribution in [0.5, 0.6) is 11.5 Å². The van der Waals surface area contributed by atoms with Crippen LogP contribution in [0.2, 0.25) is 0 Å². The van der Waals surface area contributed by atoms with Crippen molar-refractivity contribution in [1.29, 1.82) is 0 Å². The minimum absolute atomic E-state index is 0.0154. The zero-order valence-corrected chi connectivity index (χ0v) is 22.8. The van der Waals surface area contributed by atoms with Crippen LogP contribution in [0.15, 0.2) is 18.2 Å². The number of thioether (sulfide) groups is 1. The molecule has 0 aliphatic carbocycles. The number of hydrogen-bond donors (Lipinski definition) is 0. The van der Waals surface area contributed by atoms with Gasteiger partial charge in [0.2, 0.25) is 5.91 Å². The predicted molar refractivity (Wildman–Crippen MR) is 143 cm³/mol. The second-order valence-electron chi connectivity index (χ2n) is 9.81. The van der Waals surface area contributed by atoms with Crippen LogP contribution in [-0.4, -0.2) is 66.1 Å². The molecule has 7 heteroatoms. The first-order chi connectivity index (χ1) is 17.0. The fraction of sp³-hybridized carbons (Fsp3) is 0.714. The molecule has 1 aromatic carbocycles. The summed E-state index contributed by atoms with van der Waals surface area (Å²) in [5, 5.41) is 0. The van der Waals surface area contributed by atoms with Crippen molar-refractivity contribution < 1.29 is 19.1 Å². The summed E-state index contributed by atoms with van der Waals surface area (Å²) in [6.45, 7) is 4.44. The number of likely N-dealkylation sites (tertiary alicyclic amines) is 1. The Kier molecular flexibility index (Phi) is 11.1. The lowest BCUT2D eigenvalue weighted by atomic mass is 10.00. The summed E-state index contributed by atoms with van der Waals surface area (Å²) in [6, 6.07) is 5.35. The average molecular weight is 505 g/mol. The van der Waals surface area contributed by atoms with Gasteiger partial charge < -0.3 is 19.3 Å². The number of ether oxygens (including phenoxy) is 2. The van der Waals surface area contributed by atoms with Crippen molar-refractivity contribution in [3.63, 3.8) is 0 Å². The van der Waals surface area contributed by atoms with Gasteiger partial charge in [0.15, 0.2) is 0 Å². The topological polar surface area (TPSA) is 59.1 Å². The van der Waals surface area contributed by atoms with Gasteiger partial charge in [-0.25, -0.2) is 0 Å². The third kappa shape index (κ3) is 7.55. The largest absolute Gasteiger partial charge is 0.497 e. The predicted octanol–water partition coefficient (Wildman–Crippen LogP) is 6.13. The molecule has 2 saturated heterocycles. The molecule has 3 rings (SSSR count). The van der Waals surface area contributed by atoms with Gasteiger partial charge in [-0.2, -0.15) is 0 Å². The fourth-order valence-corrected chi connectivity index (χ4v) is 6.70. The number of amides is 2. The molecule has 0 N–H and O–H groups in total. The third-order valence-electron chi connectivity index (χ3n) is 7.41. The maximum atomic E-state index is 13.5. The number of carbonyl (C=O) groups excluding carboxylic acids is 2. The molecule has 0 bridgehead atoms. The number of rotatable bonds is 13. The Morgan fingerprint density at radius 2 is 1.43 bits per heavy atom. The molecule has 0 aromatic heterocycles. The highest BCUT2D eigenvalue weighted by molar-refractivity contribution is 8.00. The summed E-state index contributed by atoms with van der Waals surface area (Å²) < 4.78 is 10.7. The number of unbranched alkanes of at least 4 members (excludes halogenated alkanes) is 8. The van der Waals surface area contributed by atoms with Crippen molar-refractivity contribution in [1.82, 2.24) is 9.80 Å². The number of carbonyl (C=O) groups is 2. The van der Waals surface area contributed by atoms with Crippen LogP contribution >= 0.6 is 11.8 Å². The quantitative estimate of drug-likeness (QED) is 0.302. The van der Waals surface area contributed by atoms with Gasteiger partial charge in [-0.3, -0.25) is 9.59 Å². The summed E-state index contributed by atoms with van der Waals surface area (Å²) >= 11 is 1.87. The van der Waals surface area contributed by atoms with Crippen molar-refractivity contribution in [2.75, 3.05) is 39.6 Å². The monoisotopic (exact) mass is 504 g/mol. The molecule has 2 aliphatic rings. The molecule has 0 unspecified atom stereocenters. The van der Waals surface area contributed by atoms with Gasteiger partial charge in [-0.05, 0) is 31.4 Å². The summed E-state index contributed by atoms with van der Waals surface area (Å²) in [6.07, 6.45) is 13.7. The van der Waals surface area contributed by atoms with E-state index in [1.165, 1.54) is 44.9 Å². The Bertz CT molecular complexity index is 801. The Morgan fingerprint density at radius 3 is 2.00 bits per heavy atom. The van der Waals surface area contributed by atoms with E-state index in [1.807, 2.05) is 21.6 Å². The highest BCUT2D eigenvalue weighted by Gasteiger charge is 2.47. The standard InChI is InChI=1S/C28H44N2O4S/c1-4-5-6-7-8-9-10-11-12-13-26(31)29-16-14-28(15-17-29)30(18-19-35-28)27(32)23-20-24(33-2)22-25(21-23)34-3/h20-22H,4-19H2,1-3H3. The molecule has 0 radical (unpaired) electrons. The highest BCUT2D eigenvalue weighted by Crippen LogP contribution is 2.45. The molecule has 0 atom stereocenters. The average Bonchev–Trinajstić information content (AvgIpc) is 3.29. The number of benzene rings is 1. The Labute approximate surface area is 216 Å². The lowest BCUT2D eigenvalue weighted by Crippen LogP contribution is -2.53. The second-order valence-corrected chi connectivity index (χ2v) is 11.3. The zero-order valence-electron chi connectivity index (χ0n) is 22.0. The van der Waals surface area contributed by atoms with Gasteiger partial charge in [-0.1, -0.05) is 58.3 Å². The maximum absolute atomic E-state index is 13.5. The van der Waals surface area contributed by atoms with Gasteiger partial charge in [-0.15, -0.1) is 11.8 Å². The van der Waals surface area contributed by atoms with Crippen molar-refractivity contribution >= 4 is 23.6 Å². The first kappa shape index (κ1) is 27.7. The van der Waals surface area contributed by atoms with Crippen LogP contribution in [0.3, 0.4) is 0 Å². The van der Waals surface area contributed by atoms with Gasteiger partial charge in [0.05, 0.1) is 19.1 Å². The molecular formula is C28H44N2O4S. The molecule has 1 aromatic rings. The van der Waals surface area contributed by atoms with E-state index in [4.69, 9.17) is 9.47 Å². The third-order valence-corrected chi connectivity index (χ3v) is 8.97. The summed E-state index contributed by atoms with van der Waals surface area (Å²) in [7, 11) is 3.19. The van der Waals surface area contributed by atoms with Crippen LogP contribution in [-0.2, 0) is 4.79 Å². The van der Waals surface area contributed by atoms with Gasteiger partial charge in [0.1, 0.15) is 11.5 Å². The Balaban J connectivity index is 1.45. The summed E-state index contributed by atoms with van der Waals surface area (Å²) in [5.74, 6) is 2.46. The fourth-order valence-electron chi connectivity index (χ4n) is 5.25. The smallest absolute Gasteiger partial charge is 0.255 e. The summed E-state index contributed by atoms with van der Waals surface area (Å²) in [5.41, 5.74) is 0.590. The van der Waals surface area contributed by atoms with Crippen LogP contribution in [0.4, 0.5) is 0 Å². The lowest BCUT2D eigenvalue weighted by molar-refractivity contribution is -0.132. The molecule has 35 heavy (non-hydrogen) atoms. The van der Waals surface area contributed by atoms with Crippen molar-refractivity contribution in [3.8, 4) is 11.5 Å². The van der Waals surface area contributed by atoms with Gasteiger partial charge in [0, 0.05) is 43.4 Å². The van der Waals surface area contributed by atoms with E-state index >= 15 is 0 Å². The molecule has 2 amide bonds. The number of piperidine rings is 1. The van der Waals surface area contributed by atoms with E-state index in [2.05, 4.69) is 6.92 Å². The van der Waals surface area contributed by atoms with Crippen LogP contribution in [0.25, 0.3) is 0 Å². The Hall–Kier alpha value is -1.89. The molecule has 2 fully saturated rings. The zero-order chi connectivity index (χ0) is 25.1. The van der Waals surface area contributed by atoms with Gasteiger partial charge in [0.25, 0.3) is 5.91 Å². The SMILES string of the molecule is CCCCCCCCCCCC(=O)N1CCC2(CC1)SCCN2C(=O)c1cc(OC)cc(OC)c1. The highest BCUT2D eigenvalue weighted by atomic mass is 32.2. The van der Waals surface area contributed by atoms with E-state index in [0.717, 1.165) is 51.1 Å². The molecular weight excluding hydrogens is 460 g/mol. The molecule has 0 saturated carbocycles. The summed E-state index contributed by atoms with van der Waals surface area (Å²) in [4.78, 5) is 30.1. The number of methoxy groups -OCH3 is 2. The lowest BCUT2D eigenvalue weighted by Gasteiger charge is -2.44. The van der Waals surface area contributed by atoms with E-state index in [-0.39, 0.29) is 16.7 Å². The van der Waals surface area contributed by atoms with E-state index in [0.29, 0.717) is 23.5 Å². The normalized spacial score (nSPS) is 17.1. The van der Waals surface area contributed by atoms with Crippen LogP contribution in [0.1, 0.15) is 94.3 Å². The van der Waals surface area contributed by atoms with Crippen LogP contribution in [0, 0.1) is 0 Å². The van der Waals surface area contributed by atoms with E-state index < -0.39 is 0 Å². The molecule has 6 nitrogen and oxygen atoms in total. The first-order valence-electron chi connectivity index (χ1n) is 13.5. The van der Waals surface area contributed by atoms with E-state index in [9.17, 15) is 9.59 Å². The first-order valence-corrected chi connectivity index (χ1v) is 14.5. The van der Waals surface area contributed by atoms with Crippen LogP contribution < -0.4 is 9.47 Å². The van der Waals surface area contributed by atoms with Gasteiger partial charge >= 0.3 is 0 Å². The Morgan fingerprint density at radius 1 is 0.857 bits per heavy atom. The van der Waals surface area contributed by atoms with Crippen molar-refractivity contribution in [2.24, 2.45) is 0 Å². The second kappa shape index (κ2) is 14.0. The maximum Gasteiger partial charge on any atom is 0.255 e. The van der Waals surface area contributed by atoms with Crippen molar-refractivity contribution in [2.45, 2.75) is 88.8 Å². The number of nitrogens with zero attached hydrogens (tertiary/aromatic N) is 2. The van der Waals surface area contributed by atoms with E-state index in [1.54, 1.807) is 32.4 Å². The molecule has 2 aliphatic heterocycles. The molecule has 1 spiro atoms. The molecule has 2 heterocycles.